The first kappa shape index (κ1) is 17.4. The van der Waals surface area contributed by atoms with E-state index in [0.29, 0.717) is 19.8 Å². The SMILES string of the molecule is [CH2]CCC(c1ccccc1)[Si](OCC)(OCC)OCC. The second kappa shape index (κ2) is 9.29. The maximum atomic E-state index is 6.05. The van der Waals surface area contributed by atoms with Gasteiger partial charge in [-0.2, -0.15) is 0 Å². The van der Waals surface area contributed by atoms with Crippen molar-refractivity contribution in [3.63, 3.8) is 0 Å². The van der Waals surface area contributed by atoms with Gasteiger partial charge in [0, 0.05) is 19.8 Å². The molecule has 0 saturated heterocycles. The van der Waals surface area contributed by atoms with Gasteiger partial charge in [0.1, 0.15) is 0 Å². The Morgan fingerprint density at radius 2 is 1.45 bits per heavy atom. The van der Waals surface area contributed by atoms with Crippen LogP contribution in [0.15, 0.2) is 30.3 Å². The summed E-state index contributed by atoms with van der Waals surface area (Å²) in [6, 6.07) is 10.4. The Morgan fingerprint density at radius 3 is 1.85 bits per heavy atom. The number of benzene rings is 1. The lowest BCUT2D eigenvalue weighted by Gasteiger charge is -2.35. The molecule has 0 amide bonds. The summed E-state index contributed by atoms with van der Waals surface area (Å²) in [4.78, 5) is 0. The van der Waals surface area contributed by atoms with E-state index in [4.69, 9.17) is 13.3 Å². The predicted octanol–water partition coefficient (Wildman–Crippen LogP) is 3.97. The lowest BCUT2D eigenvalue weighted by molar-refractivity contribution is 0.0607. The van der Waals surface area contributed by atoms with Crippen molar-refractivity contribution in [1.29, 1.82) is 0 Å². The van der Waals surface area contributed by atoms with E-state index >= 15 is 0 Å². The van der Waals surface area contributed by atoms with Gasteiger partial charge < -0.3 is 13.3 Å². The molecule has 1 unspecified atom stereocenters. The molecular formula is C16H27O3Si. The maximum Gasteiger partial charge on any atom is 0.508 e. The molecule has 0 heterocycles. The highest BCUT2D eigenvalue weighted by Crippen LogP contribution is 2.34. The van der Waals surface area contributed by atoms with E-state index in [2.05, 4.69) is 31.2 Å². The van der Waals surface area contributed by atoms with Crippen molar-refractivity contribution in [1.82, 2.24) is 0 Å². The monoisotopic (exact) mass is 295 g/mol. The molecule has 0 aliphatic carbocycles. The van der Waals surface area contributed by atoms with Crippen molar-refractivity contribution in [2.75, 3.05) is 19.8 Å². The van der Waals surface area contributed by atoms with Crippen molar-refractivity contribution in [3.05, 3.63) is 42.8 Å². The molecule has 0 N–H and O–H groups in total. The standard InChI is InChI=1S/C16H27O3Si/c1-5-12-16(15-13-10-9-11-14-15)20(17-6-2,18-7-3)19-8-4/h9-11,13-14,16H,1,5-8,12H2,2-4H3. The molecule has 0 aliphatic rings. The second-order valence-electron chi connectivity index (χ2n) is 4.51. The second-order valence-corrected chi connectivity index (χ2v) is 7.28. The zero-order valence-electron chi connectivity index (χ0n) is 12.9. The van der Waals surface area contributed by atoms with Crippen LogP contribution in [0.2, 0.25) is 0 Å². The van der Waals surface area contributed by atoms with Gasteiger partial charge in [0.25, 0.3) is 0 Å². The molecule has 1 atom stereocenters. The summed E-state index contributed by atoms with van der Waals surface area (Å²) < 4.78 is 18.1. The van der Waals surface area contributed by atoms with E-state index in [1.807, 2.05) is 26.8 Å². The number of hydrogen-bond acceptors (Lipinski definition) is 3. The summed E-state index contributed by atoms with van der Waals surface area (Å²) in [6.07, 6.45) is 1.75. The first-order valence-electron chi connectivity index (χ1n) is 7.50. The van der Waals surface area contributed by atoms with E-state index in [0.717, 1.165) is 12.8 Å². The summed E-state index contributed by atoms with van der Waals surface area (Å²) in [5.41, 5.74) is 1.37. The fourth-order valence-corrected chi connectivity index (χ4v) is 5.69. The van der Waals surface area contributed by atoms with E-state index in [1.165, 1.54) is 5.56 Å². The Bertz CT molecular complexity index is 339. The zero-order valence-corrected chi connectivity index (χ0v) is 13.9. The van der Waals surface area contributed by atoms with Gasteiger partial charge in [-0.05, 0) is 32.8 Å². The molecule has 1 radical (unpaired) electrons. The number of rotatable bonds is 10. The molecule has 20 heavy (non-hydrogen) atoms. The molecule has 1 aromatic carbocycles. The van der Waals surface area contributed by atoms with Crippen LogP contribution in [0.25, 0.3) is 0 Å². The zero-order chi connectivity index (χ0) is 14.8. The summed E-state index contributed by atoms with van der Waals surface area (Å²) >= 11 is 0. The van der Waals surface area contributed by atoms with E-state index in [9.17, 15) is 0 Å². The average molecular weight is 295 g/mol. The minimum Gasteiger partial charge on any atom is -0.373 e. The van der Waals surface area contributed by atoms with Crippen LogP contribution in [0.3, 0.4) is 0 Å². The Kier molecular flexibility index (Phi) is 8.07. The van der Waals surface area contributed by atoms with Gasteiger partial charge >= 0.3 is 8.80 Å². The van der Waals surface area contributed by atoms with Gasteiger partial charge in [0.05, 0.1) is 5.54 Å². The van der Waals surface area contributed by atoms with E-state index < -0.39 is 8.80 Å². The third kappa shape index (κ3) is 4.41. The van der Waals surface area contributed by atoms with Crippen molar-refractivity contribution in [2.24, 2.45) is 0 Å². The van der Waals surface area contributed by atoms with E-state index in [1.54, 1.807) is 0 Å². The van der Waals surface area contributed by atoms with Crippen LogP contribution >= 0.6 is 0 Å². The van der Waals surface area contributed by atoms with Crippen molar-refractivity contribution < 1.29 is 13.3 Å². The molecule has 0 saturated carbocycles. The van der Waals surface area contributed by atoms with Crippen molar-refractivity contribution in [3.8, 4) is 0 Å². The molecule has 0 aliphatic heterocycles. The number of hydrogen-bond donors (Lipinski definition) is 0. The van der Waals surface area contributed by atoms with Crippen LogP contribution in [0.1, 0.15) is 44.7 Å². The Labute approximate surface area is 124 Å². The predicted molar refractivity (Wildman–Crippen MR) is 84.4 cm³/mol. The summed E-state index contributed by atoms with van der Waals surface area (Å²) in [7, 11) is -2.73. The van der Waals surface area contributed by atoms with Gasteiger partial charge in [-0.1, -0.05) is 43.7 Å². The molecule has 0 aromatic heterocycles. The molecule has 113 valence electrons. The fourth-order valence-electron chi connectivity index (χ4n) is 2.47. The van der Waals surface area contributed by atoms with Crippen LogP contribution < -0.4 is 0 Å². The molecular weight excluding hydrogens is 268 g/mol. The molecule has 1 rings (SSSR count). The lowest BCUT2D eigenvalue weighted by Crippen LogP contribution is -2.52. The highest BCUT2D eigenvalue weighted by molar-refractivity contribution is 6.62. The van der Waals surface area contributed by atoms with Crippen LogP contribution in [-0.4, -0.2) is 28.6 Å². The van der Waals surface area contributed by atoms with Gasteiger partial charge in [0.15, 0.2) is 0 Å². The quantitative estimate of drug-likeness (QED) is 0.611. The third-order valence-electron chi connectivity index (χ3n) is 3.16. The fraction of sp³-hybridized carbons (Fsp3) is 0.562. The minimum atomic E-state index is -2.73. The Balaban J connectivity index is 3.14. The molecule has 0 bridgehead atoms. The normalized spacial score (nSPS) is 13.4. The van der Waals surface area contributed by atoms with Gasteiger partial charge in [-0.15, -0.1) is 0 Å². The van der Waals surface area contributed by atoms with Crippen molar-refractivity contribution >= 4 is 8.80 Å². The average Bonchev–Trinajstić information content (AvgIpc) is 2.46. The van der Waals surface area contributed by atoms with Gasteiger partial charge in [0.2, 0.25) is 0 Å². The summed E-state index contributed by atoms with van der Waals surface area (Å²) in [5, 5.41) is 0. The van der Waals surface area contributed by atoms with Crippen molar-refractivity contribution in [2.45, 2.75) is 39.2 Å². The van der Waals surface area contributed by atoms with E-state index in [-0.39, 0.29) is 5.54 Å². The van der Waals surface area contributed by atoms with Crippen LogP contribution in [0, 0.1) is 6.92 Å². The van der Waals surface area contributed by atoms with Crippen LogP contribution in [0.4, 0.5) is 0 Å². The topological polar surface area (TPSA) is 27.7 Å². The summed E-state index contributed by atoms with van der Waals surface area (Å²) in [5.74, 6) is 0. The first-order chi connectivity index (χ1) is 9.74. The van der Waals surface area contributed by atoms with Crippen LogP contribution in [-0.2, 0) is 13.3 Å². The van der Waals surface area contributed by atoms with Gasteiger partial charge in [-0.3, -0.25) is 0 Å². The Hall–Kier alpha value is -0.683. The molecule has 3 nitrogen and oxygen atoms in total. The first-order valence-corrected chi connectivity index (χ1v) is 9.30. The molecule has 0 fully saturated rings. The largest absolute Gasteiger partial charge is 0.508 e. The van der Waals surface area contributed by atoms with Crippen LogP contribution in [0.5, 0.6) is 0 Å². The minimum absolute atomic E-state index is 0.154. The molecule has 4 heteroatoms. The molecule has 0 spiro atoms. The highest BCUT2D eigenvalue weighted by Gasteiger charge is 2.49. The maximum absolute atomic E-state index is 6.05. The molecule has 1 aromatic rings. The lowest BCUT2D eigenvalue weighted by atomic mass is 10.1. The highest BCUT2D eigenvalue weighted by atomic mass is 28.4. The Morgan fingerprint density at radius 1 is 0.950 bits per heavy atom. The smallest absolute Gasteiger partial charge is 0.373 e. The third-order valence-corrected chi connectivity index (χ3v) is 6.71. The summed E-state index contributed by atoms with van der Waals surface area (Å²) in [6.45, 7) is 11.8. The van der Waals surface area contributed by atoms with Gasteiger partial charge in [-0.25, -0.2) is 0 Å².